The Morgan fingerprint density at radius 2 is 1.61 bits per heavy atom. The second kappa shape index (κ2) is 8.20. The van der Waals surface area contributed by atoms with Crippen molar-refractivity contribution in [1.82, 2.24) is 0 Å². The van der Waals surface area contributed by atoms with Gasteiger partial charge in [0.25, 0.3) is 5.91 Å². The van der Waals surface area contributed by atoms with E-state index in [1.54, 1.807) is 49.4 Å². The van der Waals surface area contributed by atoms with E-state index in [-0.39, 0.29) is 16.6 Å². The Morgan fingerprint density at radius 1 is 0.903 bits per heavy atom. The van der Waals surface area contributed by atoms with E-state index in [0.29, 0.717) is 22.5 Å². The highest BCUT2D eigenvalue weighted by Gasteiger charge is 2.28. The molecule has 0 atom stereocenters. The van der Waals surface area contributed by atoms with Gasteiger partial charge in [0.1, 0.15) is 10.6 Å². The van der Waals surface area contributed by atoms with Crippen LogP contribution in [-0.2, 0) is 14.9 Å². The molecule has 0 aliphatic carbocycles. The summed E-state index contributed by atoms with van der Waals surface area (Å²) in [5.41, 5.74) is 3.27. The normalized spacial score (nSPS) is 15.3. The van der Waals surface area contributed by atoms with Gasteiger partial charge >= 0.3 is 10.1 Å². The van der Waals surface area contributed by atoms with Gasteiger partial charge < -0.3 is 4.18 Å². The van der Waals surface area contributed by atoms with E-state index in [9.17, 15) is 13.2 Å². The summed E-state index contributed by atoms with van der Waals surface area (Å²) in [6.45, 7) is 3.64. The molecular weight excluding hydrogens is 412 g/mol. The maximum Gasteiger partial charge on any atom is 0.339 e. The van der Waals surface area contributed by atoms with Crippen LogP contribution in [0.4, 0.5) is 5.69 Å². The number of anilines is 1. The zero-order valence-electron chi connectivity index (χ0n) is 17.0. The average molecular weight is 433 g/mol. The standard InChI is InChI=1S/C24H20N2O4S/c1-17-11-13-22(14-12-17)31(28,29)30-21-10-6-7-19(15-21)16-23-18(2)25-26(24(23)27)20-8-4-3-5-9-20/h3-16H,1-2H3/b23-16-. The summed E-state index contributed by atoms with van der Waals surface area (Å²) in [6, 6.07) is 22.2. The number of benzene rings is 3. The predicted molar refractivity (Wildman–Crippen MR) is 120 cm³/mol. The molecule has 0 aromatic heterocycles. The predicted octanol–water partition coefficient (Wildman–Crippen LogP) is 4.57. The van der Waals surface area contributed by atoms with Crippen LogP contribution >= 0.6 is 0 Å². The lowest BCUT2D eigenvalue weighted by molar-refractivity contribution is -0.114. The Kier molecular flexibility index (Phi) is 5.44. The topological polar surface area (TPSA) is 76.0 Å². The van der Waals surface area contributed by atoms with Crippen molar-refractivity contribution >= 4 is 33.5 Å². The Bertz CT molecular complexity index is 1290. The van der Waals surface area contributed by atoms with Crippen LogP contribution in [-0.4, -0.2) is 20.0 Å². The lowest BCUT2D eigenvalue weighted by atomic mass is 10.1. The first-order chi connectivity index (χ1) is 14.8. The van der Waals surface area contributed by atoms with E-state index in [1.807, 2.05) is 37.3 Å². The zero-order chi connectivity index (χ0) is 22.0. The van der Waals surface area contributed by atoms with E-state index in [4.69, 9.17) is 4.18 Å². The molecule has 7 heteroatoms. The lowest BCUT2D eigenvalue weighted by Crippen LogP contribution is -2.21. The molecule has 0 saturated carbocycles. The second-order valence-electron chi connectivity index (χ2n) is 7.12. The third-order valence-corrected chi connectivity index (χ3v) is 6.01. The highest BCUT2D eigenvalue weighted by molar-refractivity contribution is 7.87. The molecule has 0 N–H and O–H groups in total. The molecule has 31 heavy (non-hydrogen) atoms. The molecular formula is C24H20N2O4S. The smallest absolute Gasteiger partial charge is 0.339 e. The number of carbonyl (C=O) groups is 1. The Labute approximate surface area is 181 Å². The van der Waals surface area contributed by atoms with Crippen LogP contribution in [0.1, 0.15) is 18.1 Å². The van der Waals surface area contributed by atoms with Crippen LogP contribution in [0.5, 0.6) is 5.75 Å². The minimum Gasteiger partial charge on any atom is -0.379 e. The first kappa shape index (κ1) is 20.6. The highest BCUT2D eigenvalue weighted by Crippen LogP contribution is 2.26. The molecule has 0 bridgehead atoms. The van der Waals surface area contributed by atoms with Gasteiger partial charge in [0.15, 0.2) is 0 Å². The third kappa shape index (κ3) is 4.41. The molecule has 0 spiro atoms. The van der Waals surface area contributed by atoms with Gasteiger partial charge in [-0.25, -0.2) is 0 Å². The number of rotatable bonds is 5. The summed E-state index contributed by atoms with van der Waals surface area (Å²) < 4.78 is 30.4. The molecule has 1 aliphatic heterocycles. The van der Waals surface area contributed by atoms with Gasteiger partial charge in [-0.3, -0.25) is 4.79 Å². The Hall–Kier alpha value is -3.71. The van der Waals surface area contributed by atoms with Crippen molar-refractivity contribution < 1.29 is 17.4 Å². The quantitative estimate of drug-likeness (QED) is 0.437. The van der Waals surface area contributed by atoms with Crippen molar-refractivity contribution in [3.8, 4) is 5.75 Å². The molecule has 156 valence electrons. The minimum atomic E-state index is -3.96. The fourth-order valence-corrected chi connectivity index (χ4v) is 4.05. The SMILES string of the molecule is CC1=NN(c2ccccc2)C(=O)/C1=C\c1cccc(OS(=O)(=O)c2ccc(C)cc2)c1. The summed E-state index contributed by atoms with van der Waals surface area (Å²) in [5.74, 6) is -0.0859. The molecule has 4 rings (SSSR count). The van der Waals surface area contributed by atoms with E-state index in [1.165, 1.54) is 17.1 Å². The lowest BCUT2D eigenvalue weighted by Gasteiger charge is -2.11. The number of hydrogen-bond acceptors (Lipinski definition) is 5. The van der Waals surface area contributed by atoms with Crippen molar-refractivity contribution in [2.45, 2.75) is 18.7 Å². The number of aryl methyl sites for hydroxylation is 1. The van der Waals surface area contributed by atoms with Gasteiger partial charge in [-0.05, 0) is 61.9 Å². The van der Waals surface area contributed by atoms with Crippen LogP contribution in [0.15, 0.2) is 94.4 Å². The first-order valence-electron chi connectivity index (χ1n) is 9.61. The van der Waals surface area contributed by atoms with Crippen molar-refractivity contribution in [3.05, 3.63) is 95.6 Å². The Morgan fingerprint density at radius 3 is 2.32 bits per heavy atom. The van der Waals surface area contributed by atoms with Gasteiger partial charge in [-0.15, -0.1) is 0 Å². The molecule has 0 saturated heterocycles. The van der Waals surface area contributed by atoms with Crippen LogP contribution in [0.3, 0.4) is 0 Å². The van der Waals surface area contributed by atoms with Gasteiger partial charge in [0, 0.05) is 0 Å². The van der Waals surface area contributed by atoms with Crippen molar-refractivity contribution in [3.63, 3.8) is 0 Å². The average Bonchev–Trinajstić information content (AvgIpc) is 3.03. The van der Waals surface area contributed by atoms with Crippen LogP contribution in [0.25, 0.3) is 6.08 Å². The maximum absolute atomic E-state index is 12.9. The van der Waals surface area contributed by atoms with Gasteiger partial charge in [-0.2, -0.15) is 18.5 Å². The minimum absolute atomic E-state index is 0.0781. The number of carbonyl (C=O) groups excluding carboxylic acids is 1. The van der Waals surface area contributed by atoms with Gasteiger partial charge in [0.05, 0.1) is 17.0 Å². The maximum atomic E-state index is 12.9. The monoisotopic (exact) mass is 432 g/mol. The van der Waals surface area contributed by atoms with E-state index >= 15 is 0 Å². The fraction of sp³-hybridized carbons (Fsp3) is 0.0833. The molecule has 0 radical (unpaired) electrons. The molecule has 1 heterocycles. The van der Waals surface area contributed by atoms with E-state index in [0.717, 1.165) is 5.56 Å². The highest BCUT2D eigenvalue weighted by atomic mass is 32.2. The molecule has 1 amide bonds. The molecule has 0 unspecified atom stereocenters. The molecule has 3 aromatic carbocycles. The second-order valence-corrected chi connectivity index (χ2v) is 8.67. The summed E-state index contributed by atoms with van der Waals surface area (Å²) in [7, 11) is -3.96. The van der Waals surface area contributed by atoms with Crippen LogP contribution in [0.2, 0.25) is 0 Å². The van der Waals surface area contributed by atoms with Crippen LogP contribution < -0.4 is 9.19 Å². The van der Waals surface area contributed by atoms with E-state index in [2.05, 4.69) is 5.10 Å². The molecule has 1 aliphatic rings. The Balaban J connectivity index is 1.59. The number of hydrazone groups is 1. The zero-order valence-corrected chi connectivity index (χ0v) is 17.8. The third-order valence-electron chi connectivity index (χ3n) is 4.75. The molecule has 6 nitrogen and oxygen atoms in total. The number of amides is 1. The van der Waals surface area contributed by atoms with Crippen molar-refractivity contribution in [2.24, 2.45) is 5.10 Å². The summed E-state index contributed by atoms with van der Waals surface area (Å²) >= 11 is 0. The summed E-state index contributed by atoms with van der Waals surface area (Å²) in [5, 5.41) is 5.70. The van der Waals surface area contributed by atoms with Gasteiger partial charge in [0.2, 0.25) is 0 Å². The fourth-order valence-electron chi connectivity index (χ4n) is 3.13. The summed E-state index contributed by atoms with van der Waals surface area (Å²) in [4.78, 5) is 12.9. The number of para-hydroxylation sites is 1. The molecule has 0 fully saturated rings. The van der Waals surface area contributed by atoms with Gasteiger partial charge in [-0.1, -0.05) is 48.0 Å². The van der Waals surface area contributed by atoms with Crippen molar-refractivity contribution in [2.75, 3.05) is 5.01 Å². The number of hydrogen-bond donors (Lipinski definition) is 0. The van der Waals surface area contributed by atoms with Crippen LogP contribution in [0, 0.1) is 6.92 Å². The largest absolute Gasteiger partial charge is 0.379 e. The van der Waals surface area contributed by atoms with E-state index < -0.39 is 10.1 Å². The molecule has 3 aromatic rings. The first-order valence-corrected chi connectivity index (χ1v) is 11.0. The summed E-state index contributed by atoms with van der Waals surface area (Å²) in [6.07, 6.45) is 1.68. The number of nitrogens with zero attached hydrogens (tertiary/aromatic N) is 2. The van der Waals surface area contributed by atoms with Crippen molar-refractivity contribution in [1.29, 1.82) is 0 Å².